The minimum absolute atomic E-state index is 0.585. The van der Waals surface area contributed by atoms with Crippen LogP contribution in [0.5, 0.6) is 0 Å². The van der Waals surface area contributed by atoms with Crippen LogP contribution in [0, 0.1) is 5.92 Å². The van der Waals surface area contributed by atoms with Gasteiger partial charge in [0.25, 0.3) is 0 Å². The predicted octanol–water partition coefficient (Wildman–Crippen LogP) is 2.62. The summed E-state index contributed by atoms with van der Waals surface area (Å²) in [4.78, 5) is 7.31. The van der Waals surface area contributed by atoms with Crippen LogP contribution in [0.15, 0.2) is 6.20 Å². The Morgan fingerprint density at radius 3 is 3.06 bits per heavy atom. The van der Waals surface area contributed by atoms with Crippen molar-refractivity contribution in [3.8, 4) is 0 Å². The molecular weight excluding hydrogens is 210 g/mol. The highest BCUT2D eigenvalue weighted by atomic mass is 15.2. The van der Waals surface area contributed by atoms with Crippen LogP contribution in [0.1, 0.15) is 50.7 Å². The van der Waals surface area contributed by atoms with Gasteiger partial charge in [-0.15, -0.1) is 0 Å². The van der Waals surface area contributed by atoms with Crippen molar-refractivity contribution in [3.05, 3.63) is 17.7 Å². The Kier molecular flexibility index (Phi) is 2.95. The molecule has 2 aliphatic rings. The Bertz CT molecular complexity index is 396. The maximum Gasteiger partial charge on any atom is 0.126 e. The first kappa shape index (κ1) is 11.3. The molecule has 3 nitrogen and oxygen atoms in total. The van der Waals surface area contributed by atoms with E-state index in [0.29, 0.717) is 6.04 Å². The number of hydrogen-bond acceptors (Lipinski definition) is 2. The van der Waals surface area contributed by atoms with Gasteiger partial charge in [0.15, 0.2) is 0 Å². The lowest BCUT2D eigenvalue weighted by molar-refractivity contribution is 0.251. The number of nitrogens with zero attached hydrogens (tertiary/aromatic N) is 3. The molecule has 0 radical (unpaired) electrons. The second kappa shape index (κ2) is 4.45. The molecule has 3 heteroatoms. The number of fused-ring (bicyclic) bond motifs is 1. The molecule has 17 heavy (non-hydrogen) atoms. The molecule has 1 aromatic heterocycles. The Labute approximate surface area is 104 Å². The van der Waals surface area contributed by atoms with Gasteiger partial charge in [0.1, 0.15) is 5.82 Å². The van der Waals surface area contributed by atoms with E-state index in [-0.39, 0.29) is 0 Å². The van der Waals surface area contributed by atoms with Gasteiger partial charge >= 0.3 is 0 Å². The van der Waals surface area contributed by atoms with E-state index in [1.807, 2.05) is 0 Å². The molecule has 0 aliphatic carbocycles. The fraction of sp³-hybridized carbons (Fsp3) is 0.786. The third kappa shape index (κ3) is 1.90. The van der Waals surface area contributed by atoms with Crippen molar-refractivity contribution in [2.24, 2.45) is 5.92 Å². The SMILES string of the molecule is CCN1CCCC1c1ncc2n1CCC(C)C2. The van der Waals surface area contributed by atoms with Crippen molar-refractivity contribution in [1.29, 1.82) is 0 Å². The van der Waals surface area contributed by atoms with Crippen molar-refractivity contribution in [2.45, 2.75) is 52.1 Å². The topological polar surface area (TPSA) is 21.1 Å². The van der Waals surface area contributed by atoms with Gasteiger partial charge in [-0.05, 0) is 44.7 Å². The molecule has 0 bridgehead atoms. The van der Waals surface area contributed by atoms with Gasteiger partial charge in [-0.25, -0.2) is 4.98 Å². The predicted molar refractivity (Wildman–Crippen MR) is 68.9 cm³/mol. The molecule has 1 fully saturated rings. The highest BCUT2D eigenvalue weighted by Crippen LogP contribution is 2.33. The maximum atomic E-state index is 4.73. The summed E-state index contributed by atoms with van der Waals surface area (Å²) in [6.07, 6.45) is 7.27. The molecule has 1 aromatic rings. The van der Waals surface area contributed by atoms with Gasteiger partial charge < -0.3 is 4.57 Å². The van der Waals surface area contributed by atoms with Gasteiger partial charge in [0.2, 0.25) is 0 Å². The lowest BCUT2D eigenvalue weighted by Gasteiger charge is -2.27. The van der Waals surface area contributed by atoms with Crippen LogP contribution >= 0.6 is 0 Å². The summed E-state index contributed by atoms with van der Waals surface area (Å²) in [5, 5.41) is 0. The van der Waals surface area contributed by atoms with Gasteiger partial charge in [-0.3, -0.25) is 4.90 Å². The number of aromatic nitrogens is 2. The van der Waals surface area contributed by atoms with Gasteiger partial charge in [0.05, 0.1) is 6.04 Å². The van der Waals surface area contributed by atoms with Crippen molar-refractivity contribution in [3.63, 3.8) is 0 Å². The number of likely N-dealkylation sites (tertiary alicyclic amines) is 1. The minimum atomic E-state index is 0.585. The van der Waals surface area contributed by atoms with Gasteiger partial charge in [-0.1, -0.05) is 13.8 Å². The fourth-order valence-electron chi connectivity index (χ4n) is 3.42. The molecule has 0 N–H and O–H groups in total. The van der Waals surface area contributed by atoms with Crippen LogP contribution < -0.4 is 0 Å². The molecule has 0 spiro atoms. The molecular formula is C14H23N3. The molecule has 2 atom stereocenters. The van der Waals surface area contributed by atoms with Crippen LogP contribution in [-0.4, -0.2) is 27.5 Å². The maximum absolute atomic E-state index is 4.73. The fourth-order valence-corrected chi connectivity index (χ4v) is 3.42. The smallest absolute Gasteiger partial charge is 0.126 e. The van der Waals surface area contributed by atoms with Crippen LogP contribution in [0.3, 0.4) is 0 Å². The van der Waals surface area contributed by atoms with Crippen LogP contribution in [0.25, 0.3) is 0 Å². The van der Waals surface area contributed by atoms with E-state index in [9.17, 15) is 0 Å². The van der Waals surface area contributed by atoms with Crippen molar-refractivity contribution in [1.82, 2.24) is 14.5 Å². The molecule has 3 heterocycles. The van der Waals surface area contributed by atoms with E-state index < -0.39 is 0 Å². The van der Waals surface area contributed by atoms with E-state index in [0.717, 1.165) is 12.5 Å². The Morgan fingerprint density at radius 1 is 1.35 bits per heavy atom. The van der Waals surface area contributed by atoms with Gasteiger partial charge in [-0.2, -0.15) is 0 Å². The molecule has 94 valence electrons. The third-order valence-electron chi connectivity index (χ3n) is 4.44. The summed E-state index contributed by atoms with van der Waals surface area (Å²) >= 11 is 0. The zero-order valence-electron chi connectivity index (χ0n) is 11.0. The zero-order chi connectivity index (χ0) is 11.8. The number of hydrogen-bond donors (Lipinski definition) is 0. The lowest BCUT2D eigenvalue weighted by atomic mass is 9.98. The van der Waals surface area contributed by atoms with Crippen LogP contribution in [0.2, 0.25) is 0 Å². The van der Waals surface area contributed by atoms with E-state index in [1.54, 1.807) is 0 Å². The average molecular weight is 233 g/mol. The van der Waals surface area contributed by atoms with E-state index in [1.165, 1.54) is 50.3 Å². The minimum Gasteiger partial charge on any atom is -0.331 e. The number of imidazole rings is 1. The molecule has 1 saturated heterocycles. The molecule has 3 rings (SSSR count). The second-order valence-corrected chi connectivity index (χ2v) is 5.64. The first-order chi connectivity index (χ1) is 8.29. The number of rotatable bonds is 2. The Balaban J connectivity index is 1.89. The van der Waals surface area contributed by atoms with E-state index in [4.69, 9.17) is 4.98 Å². The van der Waals surface area contributed by atoms with Crippen molar-refractivity contribution >= 4 is 0 Å². The quantitative estimate of drug-likeness (QED) is 0.783. The average Bonchev–Trinajstić information content (AvgIpc) is 2.92. The zero-order valence-corrected chi connectivity index (χ0v) is 11.0. The second-order valence-electron chi connectivity index (χ2n) is 5.64. The molecule has 2 aliphatic heterocycles. The summed E-state index contributed by atoms with van der Waals surface area (Å²) in [5.41, 5.74) is 1.46. The standard InChI is InChI=1S/C14H23N3/c1-3-16-7-4-5-13(16)14-15-10-12-9-11(2)6-8-17(12)14/h10-11,13H,3-9H2,1-2H3. The van der Waals surface area contributed by atoms with Crippen LogP contribution in [0.4, 0.5) is 0 Å². The first-order valence-corrected chi connectivity index (χ1v) is 7.08. The van der Waals surface area contributed by atoms with E-state index in [2.05, 4.69) is 29.5 Å². The third-order valence-corrected chi connectivity index (χ3v) is 4.44. The lowest BCUT2D eigenvalue weighted by Crippen LogP contribution is -2.27. The normalized spacial score (nSPS) is 29.5. The van der Waals surface area contributed by atoms with Crippen molar-refractivity contribution in [2.75, 3.05) is 13.1 Å². The molecule has 0 saturated carbocycles. The van der Waals surface area contributed by atoms with Crippen molar-refractivity contribution < 1.29 is 0 Å². The first-order valence-electron chi connectivity index (χ1n) is 7.08. The largest absolute Gasteiger partial charge is 0.331 e. The van der Waals surface area contributed by atoms with Crippen LogP contribution in [-0.2, 0) is 13.0 Å². The summed E-state index contributed by atoms with van der Waals surface area (Å²) in [6.45, 7) is 8.20. The summed E-state index contributed by atoms with van der Waals surface area (Å²) in [5.74, 6) is 2.17. The highest BCUT2D eigenvalue weighted by molar-refractivity contribution is 5.13. The molecule has 0 aromatic carbocycles. The van der Waals surface area contributed by atoms with Gasteiger partial charge in [0, 0.05) is 18.4 Å². The monoisotopic (exact) mass is 233 g/mol. The highest BCUT2D eigenvalue weighted by Gasteiger charge is 2.30. The van der Waals surface area contributed by atoms with E-state index >= 15 is 0 Å². The molecule has 2 unspecified atom stereocenters. The Hall–Kier alpha value is -0.830. The summed E-state index contributed by atoms with van der Waals surface area (Å²) in [6, 6.07) is 0.585. The Morgan fingerprint density at radius 2 is 2.24 bits per heavy atom. The molecule has 0 amide bonds. The summed E-state index contributed by atoms with van der Waals surface area (Å²) in [7, 11) is 0. The summed E-state index contributed by atoms with van der Waals surface area (Å²) < 4.78 is 2.50.